The highest BCUT2D eigenvalue weighted by molar-refractivity contribution is 5.27. The van der Waals surface area contributed by atoms with Crippen molar-refractivity contribution in [2.24, 2.45) is 0 Å². The highest BCUT2D eigenvalue weighted by Crippen LogP contribution is 2.23. The van der Waals surface area contributed by atoms with Crippen molar-refractivity contribution in [3.63, 3.8) is 0 Å². The van der Waals surface area contributed by atoms with E-state index in [1.807, 2.05) is 37.4 Å². The molecule has 1 N–H and O–H groups in total. The van der Waals surface area contributed by atoms with Gasteiger partial charge in [-0.3, -0.25) is 0 Å². The van der Waals surface area contributed by atoms with Gasteiger partial charge >= 0.3 is 0 Å². The number of furan rings is 1. The SMILES string of the molecule is CNC(c1ccccc1)c1ccc(COC)o1. The molecule has 1 aromatic carbocycles. The van der Waals surface area contributed by atoms with Gasteiger partial charge in [0.25, 0.3) is 0 Å². The zero-order valence-electron chi connectivity index (χ0n) is 10.1. The normalized spacial score (nSPS) is 12.6. The van der Waals surface area contributed by atoms with Crippen LogP contribution in [0.3, 0.4) is 0 Å². The van der Waals surface area contributed by atoms with Crippen molar-refractivity contribution < 1.29 is 9.15 Å². The van der Waals surface area contributed by atoms with Crippen LogP contribution < -0.4 is 5.32 Å². The summed E-state index contributed by atoms with van der Waals surface area (Å²) >= 11 is 0. The van der Waals surface area contributed by atoms with E-state index < -0.39 is 0 Å². The largest absolute Gasteiger partial charge is 0.462 e. The maximum absolute atomic E-state index is 5.74. The van der Waals surface area contributed by atoms with E-state index in [0.29, 0.717) is 6.61 Å². The molecule has 0 saturated carbocycles. The molecule has 0 fully saturated rings. The minimum atomic E-state index is 0.0850. The molecule has 0 aliphatic heterocycles. The summed E-state index contributed by atoms with van der Waals surface area (Å²) in [5.41, 5.74) is 1.19. The lowest BCUT2D eigenvalue weighted by Gasteiger charge is -2.13. The van der Waals surface area contributed by atoms with Crippen molar-refractivity contribution in [3.05, 3.63) is 59.5 Å². The second-order valence-electron chi connectivity index (χ2n) is 3.87. The van der Waals surface area contributed by atoms with Gasteiger partial charge in [-0.1, -0.05) is 30.3 Å². The summed E-state index contributed by atoms with van der Waals surface area (Å²) in [4.78, 5) is 0. The number of rotatable bonds is 5. The molecular formula is C14H17NO2. The first-order valence-corrected chi connectivity index (χ1v) is 5.65. The van der Waals surface area contributed by atoms with Crippen LogP contribution in [0.1, 0.15) is 23.1 Å². The van der Waals surface area contributed by atoms with Gasteiger partial charge in [-0.2, -0.15) is 0 Å². The standard InChI is InChI=1S/C14H17NO2/c1-15-14(11-6-4-3-5-7-11)13-9-8-12(17-13)10-16-2/h3-9,14-15H,10H2,1-2H3. The average Bonchev–Trinajstić information content (AvgIpc) is 2.81. The third-order valence-electron chi connectivity index (χ3n) is 2.68. The number of methoxy groups -OCH3 is 1. The molecule has 0 spiro atoms. The average molecular weight is 231 g/mol. The van der Waals surface area contributed by atoms with E-state index in [1.54, 1.807) is 7.11 Å². The van der Waals surface area contributed by atoms with E-state index in [-0.39, 0.29) is 6.04 Å². The van der Waals surface area contributed by atoms with Gasteiger partial charge in [0.15, 0.2) is 0 Å². The van der Waals surface area contributed by atoms with E-state index in [0.717, 1.165) is 11.5 Å². The molecule has 0 saturated heterocycles. The Labute approximate surface area is 101 Å². The molecule has 0 amide bonds. The lowest BCUT2D eigenvalue weighted by atomic mass is 10.1. The Bertz CT molecular complexity index is 450. The molecule has 0 bridgehead atoms. The molecule has 90 valence electrons. The lowest BCUT2D eigenvalue weighted by Crippen LogP contribution is -2.16. The van der Waals surface area contributed by atoms with Crippen LogP contribution in [0.15, 0.2) is 46.9 Å². The van der Waals surface area contributed by atoms with Gasteiger partial charge in [0.05, 0.1) is 6.04 Å². The van der Waals surface area contributed by atoms with Gasteiger partial charge in [-0.15, -0.1) is 0 Å². The molecule has 1 heterocycles. The minimum Gasteiger partial charge on any atom is -0.462 e. The summed E-state index contributed by atoms with van der Waals surface area (Å²) < 4.78 is 10.8. The van der Waals surface area contributed by atoms with Crippen LogP contribution in [-0.4, -0.2) is 14.2 Å². The first kappa shape index (κ1) is 11.9. The Morgan fingerprint density at radius 1 is 1.18 bits per heavy atom. The van der Waals surface area contributed by atoms with E-state index >= 15 is 0 Å². The maximum atomic E-state index is 5.74. The van der Waals surface area contributed by atoms with Gasteiger partial charge in [-0.25, -0.2) is 0 Å². The quantitative estimate of drug-likeness (QED) is 0.859. The third-order valence-corrected chi connectivity index (χ3v) is 2.68. The molecule has 0 radical (unpaired) electrons. The molecule has 3 nitrogen and oxygen atoms in total. The molecule has 2 rings (SSSR count). The van der Waals surface area contributed by atoms with E-state index in [1.165, 1.54) is 5.56 Å². The second kappa shape index (κ2) is 5.66. The first-order valence-electron chi connectivity index (χ1n) is 5.65. The van der Waals surface area contributed by atoms with Crippen molar-refractivity contribution >= 4 is 0 Å². The summed E-state index contributed by atoms with van der Waals surface area (Å²) in [6, 6.07) is 14.3. The van der Waals surface area contributed by atoms with Gasteiger partial charge in [0, 0.05) is 7.11 Å². The van der Waals surface area contributed by atoms with Crippen molar-refractivity contribution in [2.45, 2.75) is 12.6 Å². The lowest BCUT2D eigenvalue weighted by molar-refractivity contribution is 0.162. The zero-order valence-corrected chi connectivity index (χ0v) is 10.1. The Kier molecular flexibility index (Phi) is 3.96. The highest BCUT2D eigenvalue weighted by Gasteiger charge is 2.15. The van der Waals surface area contributed by atoms with Crippen molar-refractivity contribution in [2.75, 3.05) is 14.2 Å². The molecular weight excluding hydrogens is 214 g/mol. The summed E-state index contributed by atoms with van der Waals surface area (Å²) in [5.74, 6) is 1.75. The summed E-state index contributed by atoms with van der Waals surface area (Å²) in [6.45, 7) is 0.505. The summed E-state index contributed by atoms with van der Waals surface area (Å²) in [6.07, 6.45) is 0. The van der Waals surface area contributed by atoms with Crippen LogP contribution in [0.25, 0.3) is 0 Å². The zero-order chi connectivity index (χ0) is 12.1. The number of hydrogen-bond donors (Lipinski definition) is 1. The Hall–Kier alpha value is -1.58. The van der Waals surface area contributed by atoms with Crippen LogP contribution >= 0.6 is 0 Å². The second-order valence-corrected chi connectivity index (χ2v) is 3.87. The van der Waals surface area contributed by atoms with Crippen LogP contribution in [0.5, 0.6) is 0 Å². The topological polar surface area (TPSA) is 34.4 Å². The van der Waals surface area contributed by atoms with E-state index in [4.69, 9.17) is 9.15 Å². The van der Waals surface area contributed by atoms with Crippen LogP contribution in [0, 0.1) is 0 Å². The minimum absolute atomic E-state index is 0.0850. The number of nitrogens with one attached hydrogen (secondary N) is 1. The fourth-order valence-electron chi connectivity index (χ4n) is 1.89. The fraction of sp³-hybridized carbons (Fsp3) is 0.286. The molecule has 17 heavy (non-hydrogen) atoms. The van der Waals surface area contributed by atoms with Crippen molar-refractivity contribution in [1.29, 1.82) is 0 Å². The van der Waals surface area contributed by atoms with Crippen molar-refractivity contribution in [3.8, 4) is 0 Å². The fourth-order valence-corrected chi connectivity index (χ4v) is 1.89. The number of ether oxygens (including phenoxy) is 1. The van der Waals surface area contributed by atoms with E-state index in [9.17, 15) is 0 Å². The predicted octanol–water partition coefficient (Wildman–Crippen LogP) is 2.73. The van der Waals surface area contributed by atoms with Gasteiger partial charge < -0.3 is 14.5 Å². The number of benzene rings is 1. The highest BCUT2D eigenvalue weighted by atomic mass is 16.5. The first-order chi connectivity index (χ1) is 8.35. The van der Waals surface area contributed by atoms with E-state index in [2.05, 4.69) is 17.4 Å². The Morgan fingerprint density at radius 2 is 1.94 bits per heavy atom. The van der Waals surface area contributed by atoms with Crippen LogP contribution in [0.4, 0.5) is 0 Å². The Balaban J connectivity index is 2.23. The smallest absolute Gasteiger partial charge is 0.129 e. The molecule has 0 aliphatic carbocycles. The van der Waals surface area contributed by atoms with Gasteiger partial charge in [-0.05, 0) is 24.7 Å². The molecule has 1 atom stereocenters. The number of hydrogen-bond acceptors (Lipinski definition) is 3. The van der Waals surface area contributed by atoms with Crippen molar-refractivity contribution in [1.82, 2.24) is 5.32 Å². The Morgan fingerprint density at radius 3 is 2.59 bits per heavy atom. The monoisotopic (exact) mass is 231 g/mol. The molecule has 0 aliphatic rings. The van der Waals surface area contributed by atoms with Crippen LogP contribution in [0.2, 0.25) is 0 Å². The summed E-state index contributed by atoms with van der Waals surface area (Å²) in [5, 5.41) is 3.26. The van der Waals surface area contributed by atoms with Gasteiger partial charge in [0.2, 0.25) is 0 Å². The molecule has 2 aromatic rings. The third kappa shape index (κ3) is 2.75. The van der Waals surface area contributed by atoms with Gasteiger partial charge in [0.1, 0.15) is 18.1 Å². The molecule has 3 heteroatoms. The molecule has 1 unspecified atom stereocenters. The van der Waals surface area contributed by atoms with Crippen LogP contribution in [-0.2, 0) is 11.3 Å². The molecule has 1 aromatic heterocycles. The predicted molar refractivity (Wildman–Crippen MR) is 66.8 cm³/mol. The maximum Gasteiger partial charge on any atom is 0.129 e. The summed E-state index contributed by atoms with van der Waals surface area (Å²) in [7, 11) is 3.59.